The number of ether oxygens (including phenoxy) is 1. The minimum absolute atomic E-state index is 0.357. The number of aromatic amines is 1. The summed E-state index contributed by atoms with van der Waals surface area (Å²) in [5, 5.41) is 0. The smallest absolute Gasteiger partial charge is 0.354 e. The Morgan fingerprint density at radius 2 is 2.10 bits per heavy atom. The minimum atomic E-state index is -0.357. The first-order valence-corrected chi connectivity index (χ1v) is 6.58. The molecule has 0 amide bonds. The molecule has 0 aliphatic carbocycles. The summed E-state index contributed by atoms with van der Waals surface area (Å²) in [6.45, 7) is 2.14. The van der Waals surface area contributed by atoms with E-state index in [0.717, 1.165) is 17.5 Å². The van der Waals surface area contributed by atoms with E-state index in [9.17, 15) is 4.79 Å². The van der Waals surface area contributed by atoms with Crippen LogP contribution in [0, 0.1) is 0 Å². The van der Waals surface area contributed by atoms with E-state index in [1.165, 1.54) is 5.56 Å². The molecule has 0 aliphatic heterocycles. The zero-order valence-corrected chi connectivity index (χ0v) is 11.2. The van der Waals surface area contributed by atoms with Crippen molar-refractivity contribution in [1.82, 2.24) is 4.98 Å². The third-order valence-electron chi connectivity index (χ3n) is 3.16. The van der Waals surface area contributed by atoms with Crippen molar-refractivity contribution in [2.75, 3.05) is 6.61 Å². The lowest BCUT2D eigenvalue weighted by Gasteiger charge is -1.99. The number of furan rings is 1. The van der Waals surface area contributed by atoms with Crippen molar-refractivity contribution >= 4 is 17.1 Å². The van der Waals surface area contributed by atoms with Gasteiger partial charge in [-0.2, -0.15) is 0 Å². The molecule has 0 radical (unpaired) electrons. The van der Waals surface area contributed by atoms with Crippen molar-refractivity contribution in [3.05, 3.63) is 59.5 Å². The number of carbonyl (C=O) groups excluding carboxylic acids is 1. The molecule has 0 atom stereocenters. The van der Waals surface area contributed by atoms with E-state index >= 15 is 0 Å². The van der Waals surface area contributed by atoms with Crippen LogP contribution >= 0.6 is 0 Å². The van der Waals surface area contributed by atoms with E-state index < -0.39 is 0 Å². The van der Waals surface area contributed by atoms with Gasteiger partial charge in [0.15, 0.2) is 5.58 Å². The number of carbonyl (C=O) groups is 1. The molecule has 4 nitrogen and oxygen atoms in total. The second-order valence-electron chi connectivity index (χ2n) is 4.57. The molecule has 1 N–H and O–H groups in total. The number of aromatic nitrogens is 1. The number of rotatable bonds is 4. The highest BCUT2D eigenvalue weighted by Crippen LogP contribution is 2.24. The number of H-pyrrole nitrogens is 1. The molecule has 1 aromatic carbocycles. The van der Waals surface area contributed by atoms with Crippen LogP contribution in [0.2, 0.25) is 0 Å². The fourth-order valence-corrected chi connectivity index (χ4v) is 2.23. The first kappa shape index (κ1) is 12.5. The molecule has 3 aromatic rings. The van der Waals surface area contributed by atoms with Crippen LogP contribution in [-0.2, 0) is 11.2 Å². The van der Waals surface area contributed by atoms with Crippen molar-refractivity contribution in [2.45, 2.75) is 13.3 Å². The maximum atomic E-state index is 11.7. The van der Waals surface area contributed by atoms with Crippen LogP contribution in [0.4, 0.5) is 0 Å². The summed E-state index contributed by atoms with van der Waals surface area (Å²) in [5.74, 6) is -0.357. The third kappa shape index (κ3) is 2.32. The molecule has 0 fully saturated rings. The Kier molecular flexibility index (Phi) is 3.29. The van der Waals surface area contributed by atoms with Gasteiger partial charge in [0.1, 0.15) is 5.69 Å². The van der Waals surface area contributed by atoms with Crippen LogP contribution in [0.5, 0.6) is 0 Å². The van der Waals surface area contributed by atoms with Crippen LogP contribution < -0.4 is 0 Å². The fraction of sp³-hybridized carbons (Fsp3) is 0.188. The summed E-state index contributed by atoms with van der Waals surface area (Å²) < 4.78 is 10.5. The van der Waals surface area contributed by atoms with Gasteiger partial charge in [0, 0.05) is 18.1 Å². The van der Waals surface area contributed by atoms with E-state index in [1.54, 1.807) is 19.3 Å². The SMILES string of the molecule is CCOC(=O)c1cc2occ(Cc3ccccc3)c2[nH]1. The van der Waals surface area contributed by atoms with E-state index in [-0.39, 0.29) is 5.97 Å². The lowest BCUT2D eigenvalue weighted by Crippen LogP contribution is -2.04. The summed E-state index contributed by atoms with van der Waals surface area (Å²) in [5.41, 5.74) is 4.19. The normalized spacial score (nSPS) is 10.8. The summed E-state index contributed by atoms with van der Waals surface area (Å²) in [7, 11) is 0. The van der Waals surface area contributed by atoms with Gasteiger partial charge in [-0.25, -0.2) is 4.79 Å². The van der Waals surface area contributed by atoms with Gasteiger partial charge in [-0.05, 0) is 12.5 Å². The van der Waals surface area contributed by atoms with Crippen LogP contribution in [0.3, 0.4) is 0 Å². The van der Waals surface area contributed by atoms with Gasteiger partial charge in [0.25, 0.3) is 0 Å². The molecule has 2 heterocycles. The molecule has 0 bridgehead atoms. The van der Waals surface area contributed by atoms with Crippen LogP contribution in [0.25, 0.3) is 11.1 Å². The fourth-order valence-electron chi connectivity index (χ4n) is 2.23. The molecule has 0 spiro atoms. The van der Waals surface area contributed by atoms with Gasteiger partial charge < -0.3 is 14.1 Å². The molecular weight excluding hydrogens is 254 g/mol. The summed E-state index contributed by atoms with van der Waals surface area (Å²) in [6, 6.07) is 11.8. The number of nitrogens with one attached hydrogen (secondary N) is 1. The maximum Gasteiger partial charge on any atom is 0.354 e. The van der Waals surface area contributed by atoms with Crippen LogP contribution in [-0.4, -0.2) is 17.6 Å². The largest absolute Gasteiger partial charge is 0.462 e. The molecule has 4 heteroatoms. The molecule has 3 rings (SSSR count). The van der Waals surface area contributed by atoms with E-state index in [1.807, 2.05) is 18.2 Å². The Morgan fingerprint density at radius 1 is 1.30 bits per heavy atom. The second-order valence-corrected chi connectivity index (χ2v) is 4.57. The summed E-state index contributed by atoms with van der Waals surface area (Å²) in [6.07, 6.45) is 2.49. The summed E-state index contributed by atoms with van der Waals surface area (Å²) >= 11 is 0. The topological polar surface area (TPSA) is 55.2 Å². The Labute approximate surface area is 116 Å². The first-order chi connectivity index (χ1) is 9.78. The number of hydrogen-bond acceptors (Lipinski definition) is 3. The predicted octanol–water partition coefficient (Wildman–Crippen LogP) is 3.53. The molecule has 0 unspecified atom stereocenters. The van der Waals surface area contributed by atoms with Crippen molar-refractivity contribution < 1.29 is 13.9 Å². The highest BCUT2D eigenvalue weighted by Gasteiger charge is 2.15. The average Bonchev–Trinajstić information content (AvgIpc) is 3.02. The minimum Gasteiger partial charge on any atom is -0.462 e. The predicted molar refractivity (Wildman–Crippen MR) is 75.8 cm³/mol. The van der Waals surface area contributed by atoms with Crippen molar-refractivity contribution in [3.63, 3.8) is 0 Å². The molecule has 2 aromatic heterocycles. The average molecular weight is 269 g/mol. The molecule has 0 aliphatic rings. The molecule has 0 saturated heterocycles. The highest BCUT2D eigenvalue weighted by atomic mass is 16.5. The number of fused-ring (bicyclic) bond motifs is 1. The van der Waals surface area contributed by atoms with Gasteiger partial charge in [0.05, 0.1) is 18.4 Å². The van der Waals surface area contributed by atoms with Gasteiger partial charge in [-0.3, -0.25) is 0 Å². The Bertz CT molecular complexity index is 725. The zero-order valence-electron chi connectivity index (χ0n) is 11.2. The van der Waals surface area contributed by atoms with Gasteiger partial charge in [-0.1, -0.05) is 30.3 Å². The number of esters is 1. The quantitative estimate of drug-likeness (QED) is 0.737. The lowest BCUT2D eigenvalue weighted by atomic mass is 10.1. The molecular formula is C16H15NO3. The Morgan fingerprint density at radius 3 is 2.85 bits per heavy atom. The van der Waals surface area contributed by atoms with Crippen molar-refractivity contribution in [2.24, 2.45) is 0 Å². The van der Waals surface area contributed by atoms with E-state index in [0.29, 0.717) is 17.9 Å². The number of benzene rings is 1. The highest BCUT2D eigenvalue weighted by molar-refractivity contribution is 5.94. The van der Waals surface area contributed by atoms with Crippen molar-refractivity contribution in [1.29, 1.82) is 0 Å². The summed E-state index contributed by atoms with van der Waals surface area (Å²) in [4.78, 5) is 14.8. The molecule has 20 heavy (non-hydrogen) atoms. The second kappa shape index (κ2) is 5.25. The monoisotopic (exact) mass is 269 g/mol. The van der Waals surface area contributed by atoms with Gasteiger partial charge in [-0.15, -0.1) is 0 Å². The maximum absolute atomic E-state index is 11.7. The Balaban J connectivity index is 1.91. The lowest BCUT2D eigenvalue weighted by molar-refractivity contribution is 0.0520. The van der Waals surface area contributed by atoms with Crippen LogP contribution in [0.1, 0.15) is 28.5 Å². The molecule has 0 saturated carbocycles. The van der Waals surface area contributed by atoms with E-state index in [4.69, 9.17) is 9.15 Å². The van der Waals surface area contributed by atoms with Crippen molar-refractivity contribution in [3.8, 4) is 0 Å². The first-order valence-electron chi connectivity index (χ1n) is 6.58. The van der Waals surface area contributed by atoms with E-state index in [2.05, 4.69) is 17.1 Å². The zero-order chi connectivity index (χ0) is 13.9. The molecule has 102 valence electrons. The van der Waals surface area contributed by atoms with Gasteiger partial charge >= 0.3 is 5.97 Å². The number of hydrogen-bond donors (Lipinski definition) is 1. The van der Waals surface area contributed by atoms with Gasteiger partial charge in [0.2, 0.25) is 0 Å². The Hall–Kier alpha value is -2.49. The third-order valence-corrected chi connectivity index (χ3v) is 3.16. The van der Waals surface area contributed by atoms with Crippen LogP contribution in [0.15, 0.2) is 47.1 Å². The standard InChI is InChI=1S/C16H15NO3/c1-2-19-16(18)13-9-14-15(17-13)12(10-20-14)8-11-6-4-3-5-7-11/h3-7,9-10,17H,2,8H2,1H3.